The average molecular weight is 239 g/mol. The number of aromatic nitrogens is 2. The third-order valence-corrected chi connectivity index (χ3v) is 2.87. The molecule has 4 nitrogen and oxygen atoms in total. The molecule has 2 aromatic carbocycles. The fourth-order valence-corrected chi connectivity index (χ4v) is 1.92. The molecule has 90 valence electrons. The Labute approximate surface area is 104 Å². The first-order valence-corrected chi connectivity index (χ1v) is 5.77. The molecular weight excluding hydrogens is 226 g/mol. The Bertz CT molecular complexity index is 658. The van der Waals surface area contributed by atoms with Crippen molar-refractivity contribution in [3.63, 3.8) is 0 Å². The lowest BCUT2D eigenvalue weighted by Gasteiger charge is -2.07. The number of aromatic amines is 1. The van der Waals surface area contributed by atoms with Gasteiger partial charge in [0, 0.05) is 6.54 Å². The number of rotatable bonds is 3. The number of H-pyrrole nitrogens is 1. The molecule has 0 bridgehead atoms. The smallest absolute Gasteiger partial charge is 0.115 e. The van der Waals surface area contributed by atoms with E-state index in [1.807, 2.05) is 30.3 Å². The van der Waals surface area contributed by atoms with Crippen LogP contribution in [0.1, 0.15) is 5.56 Å². The summed E-state index contributed by atoms with van der Waals surface area (Å²) in [5.74, 6) is 0.285. The van der Waals surface area contributed by atoms with Crippen molar-refractivity contribution in [1.82, 2.24) is 9.97 Å². The number of benzene rings is 2. The number of para-hydroxylation sites is 1. The van der Waals surface area contributed by atoms with Gasteiger partial charge in [0.25, 0.3) is 0 Å². The van der Waals surface area contributed by atoms with E-state index in [1.54, 1.807) is 18.5 Å². The van der Waals surface area contributed by atoms with Gasteiger partial charge in [0.05, 0.1) is 17.5 Å². The highest BCUT2D eigenvalue weighted by atomic mass is 16.3. The minimum absolute atomic E-state index is 0.285. The summed E-state index contributed by atoms with van der Waals surface area (Å²) < 4.78 is 0. The van der Waals surface area contributed by atoms with Gasteiger partial charge in [-0.1, -0.05) is 18.2 Å². The van der Waals surface area contributed by atoms with Crippen molar-refractivity contribution in [2.24, 2.45) is 0 Å². The van der Waals surface area contributed by atoms with Gasteiger partial charge >= 0.3 is 0 Å². The van der Waals surface area contributed by atoms with E-state index >= 15 is 0 Å². The Morgan fingerprint density at radius 2 is 1.94 bits per heavy atom. The van der Waals surface area contributed by atoms with Crippen LogP contribution < -0.4 is 5.32 Å². The number of nitrogens with zero attached hydrogens (tertiary/aromatic N) is 1. The topological polar surface area (TPSA) is 60.9 Å². The first-order chi connectivity index (χ1) is 8.83. The highest BCUT2D eigenvalue weighted by Gasteiger charge is 2.02. The molecule has 0 saturated heterocycles. The summed E-state index contributed by atoms with van der Waals surface area (Å²) in [5.41, 5.74) is 4.07. The van der Waals surface area contributed by atoms with E-state index in [0.717, 1.165) is 22.3 Å². The molecule has 18 heavy (non-hydrogen) atoms. The van der Waals surface area contributed by atoms with Crippen molar-refractivity contribution in [2.75, 3.05) is 5.32 Å². The number of hydrogen-bond donors (Lipinski definition) is 3. The zero-order valence-electron chi connectivity index (χ0n) is 9.72. The van der Waals surface area contributed by atoms with Gasteiger partial charge in [0.1, 0.15) is 11.3 Å². The van der Waals surface area contributed by atoms with Gasteiger partial charge in [-0.15, -0.1) is 0 Å². The van der Waals surface area contributed by atoms with Crippen LogP contribution in [0.25, 0.3) is 11.0 Å². The van der Waals surface area contributed by atoms with Gasteiger partial charge < -0.3 is 15.4 Å². The molecule has 3 aromatic rings. The fourth-order valence-electron chi connectivity index (χ4n) is 1.92. The zero-order valence-corrected chi connectivity index (χ0v) is 9.72. The standard InChI is InChI=1S/C14H13N3O/c18-11-6-4-10(5-7-11)8-15-12-2-1-3-13-14(12)17-9-16-13/h1-7,9,15,18H,8H2,(H,16,17). The molecule has 1 heterocycles. The molecule has 0 aliphatic rings. The first kappa shape index (κ1) is 10.7. The van der Waals surface area contributed by atoms with Gasteiger partial charge in [-0.25, -0.2) is 4.98 Å². The molecule has 0 spiro atoms. The molecule has 0 atom stereocenters. The Hall–Kier alpha value is -2.49. The second-order valence-electron chi connectivity index (χ2n) is 4.12. The molecule has 0 radical (unpaired) electrons. The van der Waals surface area contributed by atoms with Crippen LogP contribution in [0.5, 0.6) is 5.75 Å². The average Bonchev–Trinajstić information content (AvgIpc) is 2.87. The monoisotopic (exact) mass is 239 g/mol. The molecule has 1 aromatic heterocycles. The van der Waals surface area contributed by atoms with Gasteiger partial charge in [0.15, 0.2) is 0 Å². The Balaban J connectivity index is 1.80. The van der Waals surface area contributed by atoms with Crippen LogP contribution in [0.15, 0.2) is 48.8 Å². The molecule has 0 fully saturated rings. The first-order valence-electron chi connectivity index (χ1n) is 5.77. The van der Waals surface area contributed by atoms with E-state index in [9.17, 15) is 5.11 Å². The van der Waals surface area contributed by atoms with Crippen molar-refractivity contribution in [3.05, 3.63) is 54.4 Å². The van der Waals surface area contributed by atoms with E-state index in [-0.39, 0.29) is 5.75 Å². The minimum atomic E-state index is 0.285. The lowest BCUT2D eigenvalue weighted by atomic mass is 10.2. The summed E-state index contributed by atoms with van der Waals surface area (Å²) in [4.78, 5) is 7.37. The Morgan fingerprint density at radius 1 is 1.11 bits per heavy atom. The summed E-state index contributed by atoms with van der Waals surface area (Å²) in [5, 5.41) is 12.6. The molecule has 4 heteroatoms. The molecule has 0 aliphatic heterocycles. The summed E-state index contributed by atoms with van der Waals surface area (Å²) in [6, 6.07) is 13.1. The number of hydrogen-bond acceptors (Lipinski definition) is 3. The quantitative estimate of drug-likeness (QED) is 0.658. The third-order valence-electron chi connectivity index (χ3n) is 2.87. The van der Waals surface area contributed by atoms with Crippen LogP contribution >= 0.6 is 0 Å². The van der Waals surface area contributed by atoms with Crippen LogP contribution in [0.3, 0.4) is 0 Å². The largest absolute Gasteiger partial charge is 0.508 e. The maximum absolute atomic E-state index is 9.22. The van der Waals surface area contributed by atoms with Gasteiger partial charge in [-0.05, 0) is 29.8 Å². The van der Waals surface area contributed by atoms with Crippen molar-refractivity contribution in [3.8, 4) is 5.75 Å². The maximum atomic E-state index is 9.22. The number of fused-ring (bicyclic) bond motifs is 1. The number of aromatic hydroxyl groups is 1. The minimum Gasteiger partial charge on any atom is -0.508 e. The summed E-state index contributed by atoms with van der Waals surface area (Å²) in [7, 11) is 0. The Kier molecular flexibility index (Phi) is 2.61. The highest BCUT2D eigenvalue weighted by molar-refractivity contribution is 5.87. The number of nitrogens with one attached hydrogen (secondary N) is 2. The van der Waals surface area contributed by atoms with Crippen molar-refractivity contribution < 1.29 is 5.11 Å². The van der Waals surface area contributed by atoms with Crippen LogP contribution in [-0.4, -0.2) is 15.1 Å². The van der Waals surface area contributed by atoms with E-state index in [0.29, 0.717) is 6.54 Å². The van der Waals surface area contributed by atoms with Crippen LogP contribution in [0, 0.1) is 0 Å². The summed E-state index contributed by atoms with van der Waals surface area (Å²) in [6.45, 7) is 0.701. The number of imidazole rings is 1. The van der Waals surface area contributed by atoms with E-state index in [4.69, 9.17) is 0 Å². The van der Waals surface area contributed by atoms with Crippen molar-refractivity contribution in [1.29, 1.82) is 0 Å². The fraction of sp³-hybridized carbons (Fsp3) is 0.0714. The second-order valence-corrected chi connectivity index (χ2v) is 4.12. The zero-order chi connectivity index (χ0) is 12.4. The lowest BCUT2D eigenvalue weighted by molar-refractivity contribution is 0.475. The lowest BCUT2D eigenvalue weighted by Crippen LogP contribution is -1.99. The Morgan fingerprint density at radius 3 is 2.78 bits per heavy atom. The van der Waals surface area contributed by atoms with Crippen molar-refractivity contribution >= 4 is 16.7 Å². The van der Waals surface area contributed by atoms with Crippen LogP contribution in [0.4, 0.5) is 5.69 Å². The normalized spacial score (nSPS) is 10.7. The van der Waals surface area contributed by atoms with E-state index in [1.165, 1.54) is 0 Å². The predicted molar refractivity (Wildman–Crippen MR) is 71.5 cm³/mol. The molecule has 3 rings (SSSR count). The van der Waals surface area contributed by atoms with E-state index < -0.39 is 0 Å². The van der Waals surface area contributed by atoms with Crippen LogP contribution in [-0.2, 0) is 6.54 Å². The van der Waals surface area contributed by atoms with Crippen LogP contribution in [0.2, 0.25) is 0 Å². The number of phenolic OH excluding ortho intramolecular Hbond substituents is 1. The predicted octanol–water partition coefficient (Wildman–Crippen LogP) is 2.88. The van der Waals surface area contributed by atoms with Gasteiger partial charge in [-0.2, -0.15) is 0 Å². The molecule has 0 saturated carbocycles. The van der Waals surface area contributed by atoms with E-state index in [2.05, 4.69) is 15.3 Å². The summed E-state index contributed by atoms with van der Waals surface area (Å²) >= 11 is 0. The number of anilines is 1. The molecule has 0 aliphatic carbocycles. The van der Waals surface area contributed by atoms with Gasteiger partial charge in [-0.3, -0.25) is 0 Å². The van der Waals surface area contributed by atoms with Crippen molar-refractivity contribution in [2.45, 2.75) is 6.54 Å². The third kappa shape index (κ3) is 2.00. The summed E-state index contributed by atoms with van der Waals surface area (Å²) in [6.07, 6.45) is 1.69. The molecule has 3 N–H and O–H groups in total. The maximum Gasteiger partial charge on any atom is 0.115 e. The second kappa shape index (κ2) is 4.41. The highest BCUT2D eigenvalue weighted by Crippen LogP contribution is 2.20. The molecule has 0 amide bonds. The molecular formula is C14H13N3O. The SMILES string of the molecule is Oc1ccc(CNc2cccc3[nH]cnc23)cc1. The molecule has 0 unspecified atom stereocenters. The number of phenols is 1. The van der Waals surface area contributed by atoms with Gasteiger partial charge in [0.2, 0.25) is 0 Å².